The summed E-state index contributed by atoms with van der Waals surface area (Å²) in [6.07, 6.45) is 5.29. The smallest absolute Gasteiger partial charge is 0.122 e. The quantitative estimate of drug-likeness (QED) is 0.756. The van der Waals surface area contributed by atoms with Gasteiger partial charge in [-0.2, -0.15) is 0 Å². The lowest BCUT2D eigenvalue weighted by atomic mass is 10.1. The van der Waals surface area contributed by atoms with Crippen LogP contribution in [0.4, 0.5) is 0 Å². The highest BCUT2D eigenvalue weighted by Gasteiger charge is 2.24. The van der Waals surface area contributed by atoms with Gasteiger partial charge in [0.1, 0.15) is 5.76 Å². The minimum absolute atomic E-state index is 0.214. The van der Waals surface area contributed by atoms with Crippen LogP contribution in [0.2, 0.25) is 0 Å². The van der Waals surface area contributed by atoms with Crippen LogP contribution in [0.1, 0.15) is 51.8 Å². The van der Waals surface area contributed by atoms with Crippen molar-refractivity contribution in [3.63, 3.8) is 0 Å². The molecule has 0 aliphatic rings. The van der Waals surface area contributed by atoms with Gasteiger partial charge in [-0.15, -0.1) is 0 Å². The van der Waals surface area contributed by atoms with E-state index in [1.54, 1.807) is 6.26 Å². The molecule has 0 radical (unpaired) electrons. The van der Waals surface area contributed by atoms with Gasteiger partial charge in [-0.05, 0) is 38.4 Å². The average molecular weight is 238 g/mol. The molecule has 0 bridgehead atoms. The van der Waals surface area contributed by atoms with Gasteiger partial charge in [-0.25, -0.2) is 0 Å². The largest absolute Gasteiger partial charge is 0.468 e. The third-order valence-electron chi connectivity index (χ3n) is 3.42. The predicted molar refractivity (Wildman–Crippen MR) is 71.9 cm³/mol. The zero-order valence-electron chi connectivity index (χ0n) is 11.4. The number of hydrogen-bond acceptors (Lipinski definition) is 3. The maximum absolute atomic E-state index is 5.93. The summed E-state index contributed by atoms with van der Waals surface area (Å²) in [7, 11) is 0. The number of hydrogen-bond donors (Lipinski definition) is 1. The van der Waals surface area contributed by atoms with E-state index in [0.717, 1.165) is 18.7 Å². The Kier molecular flexibility index (Phi) is 6.30. The Labute approximate surface area is 105 Å². The van der Waals surface area contributed by atoms with Crippen LogP contribution in [0.25, 0.3) is 0 Å². The van der Waals surface area contributed by atoms with Gasteiger partial charge in [0, 0.05) is 12.6 Å². The second kappa shape index (κ2) is 7.51. The van der Waals surface area contributed by atoms with Crippen LogP contribution in [-0.2, 0) is 0 Å². The Balaban J connectivity index is 2.78. The van der Waals surface area contributed by atoms with E-state index in [1.807, 2.05) is 12.1 Å². The maximum atomic E-state index is 5.93. The topological polar surface area (TPSA) is 42.4 Å². The van der Waals surface area contributed by atoms with E-state index in [4.69, 9.17) is 10.2 Å². The molecule has 0 saturated heterocycles. The molecule has 0 spiro atoms. The minimum atomic E-state index is 0.214. The third-order valence-corrected chi connectivity index (χ3v) is 3.42. The van der Waals surface area contributed by atoms with Crippen LogP contribution in [-0.4, -0.2) is 24.0 Å². The molecule has 2 atom stereocenters. The fraction of sp³-hybridized carbons (Fsp3) is 0.714. The second-order valence-electron chi connectivity index (χ2n) is 4.62. The first kappa shape index (κ1) is 14.3. The molecule has 0 aromatic carbocycles. The minimum Gasteiger partial charge on any atom is -0.468 e. The normalized spacial score (nSPS) is 15.1. The molecule has 1 aromatic rings. The summed E-state index contributed by atoms with van der Waals surface area (Å²) in [6, 6.07) is 4.72. The summed E-state index contributed by atoms with van der Waals surface area (Å²) in [5, 5.41) is 0. The summed E-state index contributed by atoms with van der Waals surface area (Å²) in [5.74, 6) is 0.990. The van der Waals surface area contributed by atoms with Crippen molar-refractivity contribution in [1.29, 1.82) is 0 Å². The van der Waals surface area contributed by atoms with E-state index < -0.39 is 0 Å². The molecule has 0 aliphatic heterocycles. The molecular weight excluding hydrogens is 212 g/mol. The van der Waals surface area contributed by atoms with Crippen molar-refractivity contribution >= 4 is 0 Å². The fourth-order valence-corrected chi connectivity index (χ4v) is 2.15. The molecule has 1 heterocycles. The molecule has 0 saturated carbocycles. The molecule has 1 rings (SSSR count). The molecule has 1 aromatic heterocycles. The number of unbranched alkanes of at least 4 members (excludes halogenated alkanes) is 1. The summed E-state index contributed by atoms with van der Waals surface area (Å²) >= 11 is 0. The Morgan fingerprint density at radius 1 is 1.41 bits per heavy atom. The van der Waals surface area contributed by atoms with Gasteiger partial charge in [-0.3, -0.25) is 4.90 Å². The first-order valence-corrected chi connectivity index (χ1v) is 6.73. The molecule has 0 aliphatic carbocycles. The first-order chi connectivity index (χ1) is 8.24. The standard InChI is InChI=1S/C14H26N2O/c1-4-6-9-16(12(3)5-2)13(11-15)14-8-7-10-17-14/h7-8,10,12-13H,4-6,9,11,15H2,1-3H3. The molecule has 2 N–H and O–H groups in total. The highest BCUT2D eigenvalue weighted by atomic mass is 16.3. The van der Waals surface area contributed by atoms with Crippen LogP contribution < -0.4 is 5.73 Å². The maximum Gasteiger partial charge on any atom is 0.122 e. The number of rotatable bonds is 8. The summed E-state index contributed by atoms with van der Waals surface area (Å²) in [4.78, 5) is 2.47. The Morgan fingerprint density at radius 3 is 2.65 bits per heavy atom. The predicted octanol–water partition coefficient (Wildman–Crippen LogP) is 3.18. The molecule has 0 amide bonds. The van der Waals surface area contributed by atoms with Crippen molar-refractivity contribution in [3.05, 3.63) is 24.2 Å². The molecule has 3 nitrogen and oxygen atoms in total. The van der Waals surface area contributed by atoms with Crippen molar-refractivity contribution in [2.75, 3.05) is 13.1 Å². The molecule has 98 valence electrons. The van der Waals surface area contributed by atoms with Gasteiger partial charge < -0.3 is 10.2 Å². The van der Waals surface area contributed by atoms with E-state index >= 15 is 0 Å². The van der Waals surface area contributed by atoms with Crippen molar-refractivity contribution < 1.29 is 4.42 Å². The molecular formula is C14H26N2O. The van der Waals surface area contributed by atoms with Gasteiger partial charge in [0.15, 0.2) is 0 Å². The Hall–Kier alpha value is -0.800. The van der Waals surface area contributed by atoms with Crippen molar-refractivity contribution in [3.8, 4) is 0 Å². The summed E-state index contributed by atoms with van der Waals surface area (Å²) in [6.45, 7) is 8.41. The van der Waals surface area contributed by atoms with Crippen molar-refractivity contribution in [1.82, 2.24) is 4.90 Å². The monoisotopic (exact) mass is 238 g/mol. The van der Waals surface area contributed by atoms with Gasteiger partial charge in [0.25, 0.3) is 0 Å². The van der Waals surface area contributed by atoms with E-state index in [-0.39, 0.29) is 6.04 Å². The highest BCUT2D eigenvalue weighted by Crippen LogP contribution is 2.24. The van der Waals surface area contributed by atoms with E-state index in [9.17, 15) is 0 Å². The van der Waals surface area contributed by atoms with Gasteiger partial charge in [0.2, 0.25) is 0 Å². The van der Waals surface area contributed by atoms with Gasteiger partial charge in [-0.1, -0.05) is 20.3 Å². The SMILES string of the molecule is CCCCN(C(C)CC)C(CN)c1ccco1. The number of nitrogens with zero attached hydrogens (tertiary/aromatic N) is 1. The van der Waals surface area contributed by atoms with Crippen molar-refractivity contribution in [2.45, 2.75) is 52.1 Å². The zero-order chi connectivity index (χ0) is 12.7. The van der Waals surface area contributed by atoms with Gasteiger partial charge in [0.05, 0.1) is 12.3 Å². The lowest BCUT2D eigenvalue weighted by Crippen LogP contribution is -2.40. The number of nitrogens with two attached hydrogens (primary N) is 1. The molecule has 0 fully saturated rings. The Bertz CT molecular complexity index is 284. The van der Waals surface area contributed by atoms with E-state index in [0.29, 0.717) is 12.6 Å². The molecule has 2 unspecified atom stereocenters. The zero-order valence-corrected chi connectivity index (χ0v) is 11.4. The number of furan rings is 1. The second-order valence-corrected chi connectivity index (χ2v) is 4.62. The molecule has 17 heavy (non-hydrogen) atoms. The lowest BCUT2D eigenvalue weighted by molar-refractivity contribution is 0.125. The third kappa shape index (κ3) is 3.86. The van der Waals surface area contributed by atoms with Crippen LogP contribution >= 0.6 is 0 Å². The molecule has 3 heteroatoms. The Morgan fingerprint density at radius 2 is 2.18 bits per heavy atom. The van der Waals surface area contributed by atoms with Crippen molar-refractivity contribution in [2.24, 2.45) is 5.73 Å². The van der Waals surface area contributed by atoms with Crippen LogP contribution in [0.15, 0.2) is 22.8 Å². The lowest BCUT2D eigenvalue weighted by Gasteiger charge is -2.34. The fourth-order valence-electron chi connectivity index (χ4n) is 2.15. The average Bonchev–Trinajstić information content (AvgIpc) is 2.87. The van der Waals surface area contributed by atoms with Gasteiger partial charge >= 0.3 is 0 Å². The highest BCUT2D eigenvalue weighted by molar-refractivity contribution is 5.05. The van der Waals surface area contributed by atoms with Crippen LogP contribution in [0, 0.1) is 0 Å². The van der Waals surface area contributed by atoms with Crippen LogP contribution in [0.3, 0.4) is 0 Å². The van der Waals surface area contributed by atoms with E-state index in [1.165, 1.54) is 12.8 Å². The summed E-state index contributed by atoms with van der Waals surface area (Å²) in [5.41, 5.74) is 5.93. The van der Waals surface area contributed by atoms with Crippen LogP contribution in [0.5, 0.6) is 0 Å². The summed E-state index contributed by atoms with van der Waals surface area (Å²) < 4.78 is 5.52. The van der Waals surface area contributed by atoms with E-state index in [2.05, 4.69) is 25.7 Å². The first-order valence-electron chi connectivity index (χ1n) is 6.73.